The summed E-state index contributed by atoms with van der Waals surface area (Å²) in [5.74, 6) is -0.630. The van der Waals surface area contributed by atoms with Crippen LogP contribution in [0.2, 0.25) is 0 Å². The molecule has 0 saturated heterocycles. The Balaban J connectivity index is 2.59. The van der Waals surface area contributed by atoms with Crippen LogP contribution in [0.25, 0.3) is 0 Å². The van der Waals surface area contributed by atoms with Crippen LogP contribution in [0.5, 0.6) is 0 Å². The Hall–Kier alpha value is -1.64. The van der Waals surface area contributed by atoms with Crippen molar-refractivity contribution < 1.29 is 14.3 Å². The zero-order valence-electron chi connectivity index (χ0n) is 9.66. The first-order chi connectivity index (χ1) is 7.65. The second kappa shape index (κ2) is 6.05. The molecule has 0 saturated carbocycles. The maximum Gasteiger partial charge on any atom is 0.313 e. The Bertz CT molecular complexity index is 383. The minimum atomic E-state index is -0.449. The van der Waals surface area contributed by atoms with Gasteiger partial charge in [-0.3, -0.25) is 9.59 Å². The van der Waals surface area contributed by atoms with Crippen LogP contribution in [0.3, 0.4) is 0 Å². The molecule has 1 aromatic carbocycles. The number of carbonyl (C=O) groups excluding carboxylic acids is 2. The lowest BCUT2D eigenvalue weighted by Crippen LogP contribution is -2.12. The van der Waals surface area contributed by atoms with Crippen molar-refractivity contribution in [1.82, 2.24) is 0 Å². The molecule has 0 heterocycles. The summed E-state index contributed by atoms with van der Waals surface area (Å²) in [7, 11) is 0. The van der Waals surface area contributed by atoms with Crippen molar-refractivity contribution in [2.24, 2.45) is 0 Å². The molecular formula is C13H16O3. The Morgan fingerprint density at radius 1 is 1.25 bits per heavy atom. The SMILES string of the molecule is CCCOC(=O)CC(=O)c1ccccc1C. The van der Waals surface area contributed by atoms with E-state index in [2.05, 4.69) is 0 Å². The number of benzene rings is 1. The molecule has 86 valence electrons. The minimum Gasteiger partial charge on any atom is -0.465 e. The topological polar surface area (TPSA) is 43.4 Å². The van der Waals surface area contributed by atoms with Gasteiger partial charge in [0.1, 0.15) is 6.42 Å². The van der Waals surface area contributed by atoms with Gasteiger partial charge in [0.25, 0.3) is 0 Å². The van der Waals surface area contributed by atoms with Gasteiger partial charge in [-0.2, -0.15) is 0 Å². The fraction of sp³-hybridized carbons (Fsp3) is 0.385. The molecule has 3 heteroatoms. The lowest BCUT2D eigenvalue weighted by molar-refractivity contribution is -0.142. The van der Waals surface area contributed by atoms with Gasteiger partial charge in [0.15, 0.2) is 5.78 Å². The van der Waals surface area contributed by atoms with Crippen LogP contribution >= 0.6 is 0 Å². The van der Waals surface area contributed by atoms with Crippen LogP contribution in [0.1, 0.15) is 35.7 Å². The summed E-state index contributed by atoms with van der Waals surface area (Å²) in [5.41, 5.74) is 1.48. The molecule has 0 unspecified atom stereocenters. The standard InChI is InChI=1S/C13H16O3/c1-3-8-16-13(15)9-12(14)11-7-5-4-6-10(11)2/h4-7H,3,8-9H2,1-2H3. The highest BCUT2D eigenvalue weighted by atomic mass is 16.5. The minimum absolute atomic E-state index is 0.176. The Labute approximate surface area is 95.4 Å². The second-order valence-electron chi connectivity index (χ2n) is 3.64. The van der Waals surface area contributed by atoms with Gasteiger partial charge in [-0.25, -0.2) is 0 Å². The quantitative estimate of drug-likeness (QED) is 0.435. The maximum atomic E-state index is 11.7. The monoisotopic (exact) mass is 220 g/mol. The van der Waals surface area contributed by atoms with Crippen molar-refractivity contribution in [2.45, 2.75) is 26.7 Å². The molecule has 0 amide bonds. The number of carbonyl (C=O) groups is 2. The third-order valence-electron chi connectivity index (χ3n) is 2.22. The zero-order valence-corrected chi connectivity index (χ0v) is 9.66. The summed E-state index contributed by atoms with van der Waals surface area (Å²) in [4.78, 5) is 23.0. The number of ketones is 1. The molecule has 0 N–H and O–H groups in total. The number of rotatable bonds is 5. The van der Waals surface area contributed by atoms with Crippen molar-refractivity contribution in [1.29, 1.82) is 0 Å². The fourth-order valence-corrected chi connectivity index (χ4v) is 1.38. The van der Waals surface area contributed by atoms with Gasteiger partial charge >= 0.3 is 5.97 Å². The van der Waals surface area contributed by atoms with E-state index in [0.717, 1.165) is 12.0 Å². The van der Waals surface area contributed by atoms with Crippen LogP contribution in [-0.4, -0.2) is 18.4 Å². The van der Waals surface area contributed by atoms with E-state index in [1.165, 1.54) is 0 Å². The summed E-state index contributed by atoms with van der Waals surface area (Å²) in [6, 6.07) is 7.23. The Morgan fingerprint density at radius 2 is 1.94 bits per heavy atom. The van der Waals surface area contributed by atoms with Crippen molar-refractivity contribution in [3.05, 3.63) is 35.4 Å². The number of esters is 1. The summed E-state index contributed by atoms with van der Waals surface area (Å²) < 4.78 is 4.86. The summed E-state index contributed by atoms with van der Waals surface area (Å²) in [6.45, 7) is 4.14. The van der Waals surface area contributed by atoms with Crippen molar-refractivity contribution >= 4 is 11.8 Å². The van der Waals surface area contributed by atoms with E-state index in [4.69, 9.17) is 4.74 Å². The highest BCUT2D eigenvalue weighted by Crippen LogP contribution is 2.10. The van der Waals surface area contributed by atoms with Crippen LogP contribution in [0, 0.1) is 6.92 Å². The molecule has 1 rings (SSSR count). The molecule has 1 aromatic rings. The number of hydrogen-bond donors (Lipinski definition) is 0. The largest absolute Gasteiger partial charge is 0.465 e. The molecule has 0 aromatic heterocycles. The molecule has 0 spiro atoms. The van der Waals surface area contributed by atoms with E-state index in [9.17, 15) is 9.59 Å². The predicted octanol–water partition coefficient (Wildman–Crippen LogP) is 2.52. The highest BCUT2D eigenvalue weighted by molar-refractivity contribution is 6.06. The summed E-state index contributed by atoms with van der Waals surface area (Å²) in [5, 5.41) is 0. The lowest BCUT2D eigenvalue weighted by atomic mass is 10.0. The lowest BCUT2D eigenvalue weighted by Gasteiger charge is -2.04. The first-order valence-electron chi connectivity index (χ1n) is 5.39. The van der Waals surface area contributed by atoms with Crippen molar-refractivity contribution in [3.8, 4) is 0 Å². The van der Waals surface area contributed by atoms with E-state index in [-0.39, 0.29) is 12.2 Å². The number of hydrogen-bond acceptors (Lipinski definition) is 3. The van der Waals surface area contributed by atoms with Crippen LogP contribution in [0.4, 0.5) is 0 Å². The van der Waals surface area contributed by atoms with Gasteiger partial charge in [0.2, 0.25) is 0 Å². The fourth-order valence-electron chi connectivity index (χ4n) is 1.38. The third-order valence-corrected chi connectivity index (χ3v) is 2.22. The average Bonchev–Trinajstić information content (AvgIpc) is 2.26. The molecule has 0 aliphatic rings. The van der Waals surface area contributed by atoms with E-state index in [1.54, 1.807) is 12.1 Å². The highest BCUT2D eigenvalue weighted by Gasteiger charge is 2.13. The van der Waals surface area contributed by atoms with Crippen molar-refractivity contribution in [3.63, 3.8) is 0 Å². The number of aryl methyl sites for hydroxylation is 1. The summed E-state index contributed by atoms with van der Waals surface area (Å²) >= 11 is 0. The van der Waals surface area contributed by atoms with Crippen LogP contribution in [0.15, 0.2) is 24.3 Å². The molecular weight excluding hydrogens is 204 g/mol. The van der Waals surface area contributed by atoms with E-state index >= 15 is 0 Å². The van der Waals surface area contributed by atoms with Gasteiger partial charge in [0, 0.05) is 5.56 Å². The molecule has 0 bridgehead atoms. The summed E-state index contributed by atoms with van der Waals surface area (Å²) in [6.07, 6.45) is 0.592. The van der Waals surface area contributed by atoms with Gasteiger partial charge in [-0.05, 0) is 18.9 Å². The Kier molecular flexibility index (Phi) is 4.70. The smallest absolute Gasteiger partial charge is 0.313 e. The van der Waals surface area contributed by atoms with E-state index < -0.39 is 5.97 Å². The second-order valence-corrected chi connectivity index (χ2v) is 3.64. The van der Waals surface area contributed by atoms with Crippen molar-refractivity contribution in [2.75, 3.05) is 6.61 Å². The van der Waals surface area contributed by atoms with Crippen LogP contribution < -0.4 is 0 Å². The number of Topliss-reactive ketones (excluding diaryl/α,β-unsaturated/α-hetero) is 1. The predicted molar refractivity (Wildman–Crippen MR) is 61.4 cm³/mol. The number of ether oxygens (including phenoxy) is 1. The molecule has 0 radical (unpaired) electrons. The van der Waals surface area contributed by atoms with Gasteiger partial charge in [-0.15, -0.1) is 0 Å². The molecule has 0 aliphatic heterocycles. The molecule has 0 fully saturated rings. The van der Waals surface area contributed by atoms with Crippen LogP contribution in [-0.2, 0) is 9.53 Å². The first kappa shape index (κ1) is 12.4. The molecule has 0 aliphatic carbocycles. The zero-order chi connectivity index (χ0) is 12.0. The first-order valence-corrected chi connectivity index (χ1v) is 5.39. The van der Waals surface area contributed by atoms with Gasteiger partial charge in [-0.1, -0.05) is 31.2 Å². The molecule has 3 nitrogen and oxygen atoms in total. The maximum absolute atomic E-state index is 11.7. The molecule has 0 atom stereocenters. The van der Waals surface area contributed by atoms with Gasteiger partial charge in [0.05, 0.1) is 6.61 Å². The normalized spacial score (nSPS) is 9.88. The Morgan fingerprint density at radius 3 is 2.56 bits per heavy atom. The van der Waals surface area contributed by atoms with E-state index in [0.29, 0.717) is 12.2 Å². The van der Waals surface area contributed by atoms with E-state index in [1.807, 2.05) is 26.0 Å². The third kappa shape index (κ3) is 3.50. The molecule has 16 heavy (non-hydrogen) atoms. The van der Waals surface area contributed by atoms with Gasteiger partial charge < -0.3 is 4.74 Å². The average molecular weight is 220 g/mol.